The number of phosphoric ester groups is 1. The van der Waals surface area contributed by atoms with Crippen LogP contribution in [-0.4, -0.2) is 64.4 Å². The van der Waals surface area contributed by atoms with Crippen molar-refractivity contribution in [1.82, 2.24) is 19.5 Å². The molecule has 4 unspecified atom stereocenters. The number of nitrogens with zero attached hydrogens (tertiary/aromatic N) is 4. The topological polar surface area (TPSA) is 285 Å². The molecule has 0 saturated carbocycles. The third kappa shape index (κ3) is 6.15. The minimum Gasteiger partial charge on any atom is -0.756 e. The van der Waals surface area contributed by atoms with Crippen LogP contribution >= 0.6 is 23.5 Å². The molecule has 6 N–H and O–H groups in total. The Bertz CT molecular complexity index is 1110. The number of aliphatic hydroxyl groups excluding tert-OH is 2. The average molecular weight is 521 g/mol. The van der Waals surface area contributed by atoms with E-state index in [0.717, 1.165) is 6.33 Å². The van der Waals surface area contributed by atoms with E-state index in [0.29, 0.717) is 0 Å². The highest BCUT2D eigenvalue weighted by molar-refractivity contribution is 7.65. The van der Waals surface area contributed by atoms with Gasteiger partial charge in [0.1, 0.15) is 30.2 Å². The highest BCUT2D eigenvalue weighted by Gasteiger charge is 2.45. The Morgan fingerprint density at radius 2 is 1.78 bits per heavy atom. The van der Waals surface area contributed by atoms with Gasteiger partial charge in [-0.05, 0) is 0 Å². The molecule has 0 amide bonds. The summed E-state index contributed by atoms with van der Waals surface area (Å²) in [5, 5.41) is 20.4. The van der Waals surface area contributed by atoms with Gasteiger partial charge in [0.05, 0.1) is 12.9 Å². The van der Waals surface area contributed by atoms with Crippen molar-refractivity contribution < 1.29 is 61.4 Å². The number of ether oxygens (including phenoxy) is 1. The normalized spacial score (nSPS) is 29.1. The van der Waals surface area contributed by atoms with Crippen molar-refractivity contribution in [3.63, 3.8) is 0 Å². The predicted octanol–water partition coefficient (Wildman–Crippen LogP) is -2.26. The third-order valence-electron chi connectivity index (χ3n) is 3.81. The molecular formula is C11H18N5O13P3-2. The van der Waals surface area contributed by atoms with Crippen LogP contribution in [0.4, 0.5) is 5.82 Å². The van der Waals surface area contributed by atoms with Gasteiger partial charge in [0.15, 0.2) is 17.7 Å². The second-order valence-corrected chi connectivity index (χ2v) is 10.3. The molecular weight excluding hydrogens is 503 g/mol. The van der Waals surface area contributed by atoms with Crippen LogP contribution in [0, 0.1) is 0 Å². The molecule has 1 fully saturated rings. The molecule has 1 aliphatic heterocycles. The van der Waals surface area contributed by atoms with Crippen molar-refractivity contribution in [2.75, 3.05) is 12.3 Å². The highest BCUT2D eigenvalue weighted by Crippen LogP contribution is 2.63. The van der Waals surface area contributed by atoms with Crippen LogP contribution in [0.2, 0.25) is 0 Å². The van der Waals surface area contributed by atoms with E-state index >= 15 is 0 Å². The van der Waals surface area contributed by atoms with E-state index in [1.54, 1.807) is 0 Å². The maximum Gasteiger partial charge on any atom is 0.478 e. The van der Waals surface area contributed by atoms with Crippen molar-refractivity contribution in [2.45, 2.75) is 32.0 Å². The number of imidazole rings is 1. The fourth-order valence-corrected chi connectivity index (χ4v) is 5.55. The molecule has 2 aromatic rings. The van der Waals surface area contributed by atoms with Crippen LogP contribution in [0.15, 0.2) is 12.7 Å². The Morgan fingerprint density at radius 1 is 1.12 bits per heavy atom. The Labute approximate surface area is 179 Å². The lowest BCUT2D eigenvalue weighted by molar-refractivity contribution is -0.236. The van der Waals surface area contributed by atoms with Gasteiger partial charge in [0, 0.05) is 0 Å². The summed E-state index contributed by atoms with van der Waals surface area (Å²) in [4.78, 5) is 51.0. The molecule has 7 atom stereocenters. The summed E-state index contributed by atoms with van der Waals surface area (Å²) < 4.78 is 51.0. The van der Waals surface area contributed by atoms with Gasteiger partial charge in [0.2, 0.25) is 0 Å². The Balaban J connectivity index is 0.00000363. The van der Waals surface area contributed by atoms with Crippen molar-refractivity contribution in [2.24, 2.45) is 0 Å². The first-order valence-corrected chi connectivity index (χ1v) is 12.3. The van der Waals surface area contributed by atoms with Crippen LogP contribution in [0.1, 0.15) is 13.7 Å². The molecule has 1 saturated heterocycles. The predicted molar refractivity (Wildman–Crippen MR) is 97.8 cm³/mol. The summed E-state index contributed by atoms with van der Waals surface area (Å²) in [7, 11) is -17.4. The van der Waals surface area contributed by atoms with Gasteiger partial charge in [-0.1, -0.05) is 7.43 Å². The van der Waals surface area contributed by atoms with Gasteiger partial charge in [-0.2, -0.15) is 0 Å². The van der Waals surface area contributed by atoms with E-state index in [1.807, 2.05) is 0 Å². The van der Waals surface area contributed by atoms with E-state index in [-0.39, 0.29) is 24.4 Å². The summed E-state index contributed by atoms with van der Waals surface area (Å²) >= 11 is 0. The largest absolute Gasteiger partial charge is 0.756 e. The Morgan fingerprint density at radius 3 is 2.41 bits per heavy atom. The molecule has 0 aromatic carbocycles. The van der Waals surface area contributed by atoms with Crippen LogP contribution in [-0.2, 0) is 31.6 Å². The van der Waals surface area contributed by atoms with Gasteiger partial charge in [0.25, 0.3) is 15.6 Å². The molecule has 182 valence electrons. The number of hydrogen-bond donors (Lipinski definition) is 5. The van der Waals surface area contributed by atoms with Gasteiger partial charge >= 0.3 is 7.82 Å². The fraction of sp³-hybridized carbons (Fsp3) is 0.545. The zero-order valence-corrected chi connectivity index (χ0v) is 17.5. The minimum atomic E-state index is -6.01. The average Bonchev–Trinajstić information content (AvgIpc) is 3.13. The number of nitrogen functional groups attached to an aromatic ring is 1. The van der Waals surface area contributed by atoms with Crippen molar-refractivity contribution in [3.8, 4) is 0 Å². The zero-order chi connectivity index (χ0) is 23.2. The molecule has 0 bridgehead atoms. The van der Waals surface area contributed by atoms with E-state index in [9.17, 15) is 38.6 Å². The van der Waals surface area contributed by atoms with Crippen molar-refractivity contribution >= 4 is 40.4 Å². The van der Waals surface area contributed by atoms with E-state index < -0.39 is 54.6 Å². The monoisotopic (exact) mass is 521 g/mol. The first-order chi connectivity index (χ1) is 14.2. The molecule has 32 heavy (non-hydrogen) atoms. The molecule has 2 aromatic heterocycles. The van der Waals surface area contributed by atoms with Crippen LogP contribution < -0.4 is 15.5 Å². The highest BCUT2D eigenvalue weighted by atomic mass is 31.3. The van der Waals surface area contributed by atoms with Crippen molar-refractivity contribution in [1.29, 1.82) is 0 Å². The van der Waals surface area contributed by atoms with E-state index in [1.165, 1.54) is 10.9 Å². The fourth-order valence-electron chi connectivity index (χ4n) is 2.61. The first-order valence-electron chi connectivity index (χ1n) is 7.88. The number of fused-ring (bicyclic) bond motifs is 1. The second kappa shape index (κ2) is 9.48. The quantitative estimate of drug-likeness (QED) is 0.229. The minimum absolute atomic E-state index is 0. The Hall–Kier alpha value is -1.36. The number of aliphatic hydroxyl groups is 2. The lowest BCUT2D eigenvalue weighted by Crippen LogP contribution is -2.33. The molecule has 1 aliphatic rings. The lowest BCUT2D eigenvalue weighted by atomic mass is 10.1. The number of anilines is 1. The number of nitrogens with two attached hydrogens (primary N) is 1. The zero-order valence-electron chi connectivity index (χ0n) is 14.8. The maximum absolute atomic E-state index is 11.7. The van der Waals surface area contributed by atoms with Gasteiger partial charge in [-0.3, -0.25) is 18.2 Å². The summed E-state index contributed by atoms with van der Waals surface area (Å²) in [6, 6.07) is 0. The third-order valence-corrected chi connectivity index (χ3v) is 7.53. The summed E-state index contributed by atoms with van der Waals surface area (Å²) in [6.07, 6.45) is -3.81. The standard InChI is InChI=1S/C10H16N5O13P3.CH4/c11-8-5-9(13-2-12-8)15(3-14-5)10-7(17)6(16)4(26-10)1-25-30(21,22)28-31(23,24)27-29(18,19)20;/h2-4,6-7,10,16-17H,1H2,(H,21,22)(H,23,24)(H2,11,12,13)(H2,18,19,20);1H4/p-2/t4-,6?,7+,10-;/m1./s1. The summed E-state index contributed by atoms with van der Waals surface area (Å²) in [5.41, 5.74) is 5.97. The lowest BCUT2D eigenvalue weighted by Gasteiger charge is -2.28. The summed E-state index contributed by atoms with van der Waals surface area (Å²) in [6.45, 7) is -1.000. The molecule has 3 heterocycles. The van der Waals surface area contributed by atoms with E-state index in [4.69, 9.17) is 15.4 Å². The molecule has 18 nitrogen and oxygen atoms in total. The number of aromatic nitrogens is 4. The molecule has 0 aliphatic carbocycles. The van der Waals surface area contributed by atoms with Crippen LogP contribution in [0.3, 0.4) is 0 Å². The van der Waals surface area contributed by atoms with Gasteiger partial charge < -0.3 is 40.3 Å². The molecule has 21 heteroatoms. The number of rotatable bonds is 8. The second-order valence-electron chi connectivity index (χ2n) is 5.97. The SMILES string of the molecule is C.Nc1ncnc2c1ncn2[C@@H]1O[C@H](COP(=O)(O)OP(=O)([O-])OP(=O)([O-])O)C(O)[C@@H]1O. The van der Waals surface area contributed by atoms with Gasteiger partial charge in [-0.25, -0.2) is 28.1 Å². The molecule has 3 rings (SSSR count). The Kier molecular flexibility index (Phi) is 7.97. The summed E-state index contributed by atoms with van der Waals surface area (Å²) in [5.74, 6) is 0.0322. The number of hydrogen-bond acceptors (Lipinski definition) is 15. The van der Waals surface area contributed by atoms with Crippen LogP contribution in [0.25, 0.3) is 11.2 Å². The smallest absolute Gasteiger partial charge is 0.478 e. The maximum atomic E-state index is 11.7. The van der Waals surface area contributed by atoms with Crippen LogP contribution in [0.5, 0.6) is 0 Å². The first kappa shape index (κ1) is 26.9. The number of phosphoric acid groups is 3. The molecule has 0 radical (unpaired) electrons. The molecule has 0 spiro atoms. The van der Waals surface area contributed by atoms with Crippen molar-refractivity contribution in [3.05, 3.63) is 12.7 Å². The van der Waals surface area contributed by atoms with E-state index in [2.05, 4.69) is 28.1 Å². The van der Waals surface area contributed by atoms with Gasteiger partial charge in [-0.15, -0.1) is 0 Å².